The number of aliphatic carboxylic acids is 1. The van der Waals surface area contributed by atoms with E-state index in [-0.39, 0.29) is 12.5 Å². The molecule has 1 atom stereocenters. The zero-order chi connectivity index (χ0) is 12.4. The van der Waals surface area contributed by atoms with Crippen molar-refractivity contribution in [2.24, 2.45) is 0 Å². The van der Waals surface area contributed by atoms with Gasteiger partial charge in [0.15, 0.2) is 6.10 Å². The molecule has 3 N–H and O–H groups in total. The minimum Gasteiger partial charge on any atom is -0.479 e. The van der Waals surface area contributed by atoms with Gasteiger partial charge in [0.2, 0.25) is 0 Å². The number of rotatable bonds is 4. The van der Waals surface area contributed by atoms with Crippen molar-refractivity contribution < 1.29 is 19.8 Å². The van der Waals surface area contributed by atoms with Gasteiger partial charge in [-0.1, -0.05) is 0 Å². The second kappa shape index (κ2) is 4.82. The molecule has 0 aliphatic carbocycles. The molecule has 7 heteroatoms. The van der Waals surface area contributed by atoms with Crippen LogP contribution in [0.2, 0.25) is 0 Å². The normalized spacial score (nSPS) is 12.5. The van der Waals surface area contributed by atoms with Crippen molar-refractivity contribution in [1.29, 1.82) is 0 Å². The highest BCUT2D eigenvalue weighted by molar-refractivity contribution is 7.27. The molecule has 0 radical (unpaired) electrons. The summed E-state index contributed by atoms with van der Waals surface area (Å²) in [5.41, 5.74) is 0. The first kappa shape index (κ1) is 12.0. The number of aliphatic hydroxyl groups is 1. The summed E-state index contributed by atoms with van der Waals surface area (Å²) < 4.78 is 2.05. The smallest absolute Gasteiger partial charge is 0.334 e. The fourth-order valence-electron chi connectivity index (χ4n) is 1.24. The summed E-state index contributed by atoms with van der Waals surface area (Å²) >= 11 is 2.88. The van der Waals surface area contributed by atoms with Gasteiger partial charge in [-0.3, -0.25) is 4.79 Å². The van der Waals surface area contributed by atoms with E-state index < -0.39 is 12.1 Å². The maximum absolute atomic E-state index is 11.6. The Morgan fingerprint density at radius 2 is 2.18 bits per heavy atom. The van der Waals surface area contributed by atoms with Crippen LogP contribution in [0.1, 0.15) is 9.67 Å². The van der Waals surface area contributed by atoms with E-state index in [9.17, 15) is 9.59 Å². The first-order valence-corrected chi connectivity index (χ1v) is 6.43. The Balaban J connectivity index is 2.01. The second-order valence-electron chi connectivity index (χ2n) is 3.32. The molecule has 0 unspecified atom stereocenters. The molecule has 0 saturated heterocycles. The highest BCUT2D eigenvalue weighted by Gasteiger charge is 2.16. The zero-order valence-corrected chi connectivity index (χ0v) is 10.2. The van der Waals surface area contributed by atoms with Gasteiger partial charge in [0, 0.05) is 9.40 Å². The van der Waals surface area contributed by atoms with Crippen LogP contribution in [-0.4, -0.2) is 34.7 Å². The third-order valence-electron chi connectivity index (χ3n) is 2.10. The number of thiophene rings is 2. The molecular formula is C10H9NO4S2. The molecule has 17 heavy (non-hydrogen) atoms. The van der Waals surface area contributed by atoms with E-state index in [0.29, 0.717) is 4.88 Å². The summed E-state index contributed by atoms with van der Waals surface area (Å²) in [4.78, 5) is 22.5. The number of hydrogen-bond acceptors (Lipinski definition) is 5. The SMILES string of the molecule is O=C(NC[C@H](O)C(=O)O)c1cc2sccc2s1. The van der Waals surface area contributed by atoms with E-state index in [1.807, 2.05) is 11.4 Å². The predicted molar refractivity (Wildman–Crippen MR) is 65.7 cm³/mol. The van der Waals surface area contributed by atoms with Crippen LogP contribution in [0, 0.1) is 0 Å². The van der Waals surface area contributed by atoms with E-state index in [1.165, 1.54) is 11.3 Å². The zero-order valence-electron chi connectivity index (χ0n) is 8.54. The maximum Gasteiger partial charge on any atom is 0.334 e. The summed E-state index contributed by atoms with van der Waals surface area (Å²) in [6.45, 7) is -0.292. The molecule has 2 aromatic heterocycles. The molecule has 0 aromatic carbocycles. The molecule has 0 fully saturated rings. The van der Waals surface area contributed by atoms with Crippen LogP contribution in [0.15, 0.2) is 17.5 Å². The molecule has 5 nitrogen and oxygen atoms in total. The lowest BCUT2D eigenvalue weighted by atomic mass is 10.3. The lowest BCUT2D eigenvalue weighted by molar-refractivity contribution is -0.146. The maximum atomic E-state index is 11.6. The number of aliphatic hydroxyl groups excluding tert-OH is 1. The van der Waals surface area contributed by atoms with Crippen LogP contribution in [0.4, 0.5) is 0 Å². The Bertz CT molecular complexity index is 531. The highest BCUT2D eigenvalue weighted by atomic mass is 32.1. The van der Waals surface area contributed by atoms with Gasteiger partial charge >= 0.3 is 5.97 Å². The molecule has 2 heterocycles. The molecule has 90 valence electrons. The van der Waals surface area contributed by atoms with E-state index >= 15 is 0 Å². The number of fused-ring (bicyclic) bond motifs is 1. The Kier molecular flexibility index (Phi) is 3.41. The van der Waals surface area contributed by atoms with E-state index in [0.717, 1.165) is 9.40 Å². The number of amides is 1. The number of nitrogens with one attached hydrogen (secondary N) is 1. The van der Waals surface area contributed by atoms with Crippen molar-refractivity contribution >= 4 is 43.9 Å². The molecule has 0 bridgehead atoms. The summed E-state index contributed by atoms with van der Waals surface area (Å²) in [5.74, 6) is -1.71. The number of hydrogen-bond donors (Lipinski definition) is 3. The summed E-state index contributed by atoms with van der Waals surface area (Å²) in [6.07, 6.45) is -1.57. The molecule has 1 amide bonds. The molecule has 0 aliphatic rings. The molecule has 2 aromatic rings. The number of carbonyl (C=O) groups is 2. The van der Waals surface area contributed by atoms with Crippen molar-refractivity contribution in [3.63, 3.8) is 0 Å². The van der Waals surface area contributed by atoms with Crippen LogP contribution < -0.4 is 5.32 Å². The van der Waals surface area contributed by atoms with Gasteiger partial charge in [-0.2, -0.15) is 0 Å². The van der Waals surface area contributed by atoms with Gasteiger partial charge in [-0.15, -0.1) is 22.7 Å². The summed E-state index contributed by atoms with van der Waals surface area (Å²) in [6, 6.07) is 3.68. The van der Waals surface area contributed by atoms with Gasteiger partial charge in [-0.25, -0.2) is 4.79 Å². The molecular weight excluding hydrogens is 262 g/mol. The minimum atomic E-state index is -1.57. The molecule has 0 spiro atoms. The summed E-state index contributed by atoms with van der Waals surface area (Å²) in [7, 11) is 0. The van der Waals surface area contributed by atoms with Gasteiger partial charge in [0.1, 0.15) is 0 Å². The second-order valence-corrected chi connectivity index (χ2v) is 5.36. The Hall–Kier alpha value is -1.44. The topological polar surface area (TPSA) is 86.6 Å². The largest absolute Gasteiger partial charge is 0.479 e. The lowest BCUT2D eigenvalue weighted by Crippen LogP contribution is -2.36. The Morgan fingerprint density at radius 3 is 2.82 bits per heavy atom. The Labute approximate surface area is 104 Å². The Morgan fingerprint density at radius 1 is 1.41 bits per heavy atom. The fourth-order valence-corrected chi connectivity index (χ4v) is 3.27. The van der Waals surface area contributed by atoms with Gasteiger partial charge in [0.25, 0.3) is 5.91 Å². The summed E-state index contributed by atoms with van der Waals surface area (Å²) in [5, 5.41) is 21.8. The van der Waals surface area contributed by atoms with Crippen molar-refractivity contribution in [2.75, 3.05) is 6.54 Å². The monoisotopic (exact) mass is 271 g/mol. The van der Waals surface area contributed by atoms with Gasteiger partial charge in [-0.05, 0) is 17.5 Å². The van der Waals surface area contributed by atoms with Crippen molar-refractivity contribution in [3.05, 3.63) is 22.4 Å². The van der Waals surface area contributed by atoms with Gasteiger partial charge < -0.3 is 15.5 Å². The first-order valence-electron chi connectivity index (χ1n) is 4.74. The molecule has 0 aliphatic heterocycles. The van der Waals surface area contributed by atoms with E-state index in [2.05, 4.69) is 5.32 Å². The fraction of sp³-hybridized carbons (Fsp3) is 0.200. The predicted octanol–water partition coefficient (Wildman–Crippen LogP) is 1.14. The third-order valence-corrected chi connectivity index (χ3v) is 4.20. The molecule has 0 saturated carbocycles. The third kappa shape index (κ3) is 2.63. The van der Waals surface area contributed by atoms with Crippen LogP contribution in [0.3, 0.4) is 0 Å². The highest BCUT2D eigenvalue weighted by Crippen LogP contribution is 2.29. The average molecular weight is 271 g/mol. The van der Waals surface area contributed by atoms with Crippen LogP contribution >= 0.6 is 22.7 Å². The van der Waals surface area contributed by atoms with E-state index in [4.69, 9.17) is 10.2 Å². The number of carbonyl (C=O) groups excluding carboxylic acids is 1. The first-order chi connectivity index (χ1) is 8.08. The minimum absolute atomic E-state index is 0.292. The van der Waals surface area contributed by atoms with Crippen LogP contribution in [0.25, 0.3) is 9.40 Å². The van der Waals surface area contributed by atoms with Gasteiger partial charge in [0.05, 0.1) is 11.4 Å². The van der Waals surface area contributed by atoms with Crippen molar-refractivity contribution in [3.8, 4) is 0 Å². The quantitative estimate of drug-likeness (QED) is 0.778. The number of carboxylic acid groups (broad SMARTS) is 1. The van der Waals surface area contributed by atoms with E-state index in [1.54, 1.807) is 17.4 Å². The van der Waals surface area contributed by atoms with Crippen molar-refractivity contribution in [2.45, 2.75) is 6.10 Å². The lowest BCUT2D eigenvalue weighted by Gasteiger charge is -2.06. The number of carboxylic acids is 1. The average Bonchev–Trinajstić information content (AvgIpc) is 2.84. The van der Waals surface area contributed by atoms with Crippen LogP contribution in [-0.2, 0) is 4.79 Å². The molecule has 2 rings (SSSR count). The van der Waals surface area contributed by atoms with Crippen LogP contribution in [0.5, 0.6) is 0 Å². The standard InChI is InChI=1S/C10H9NO4S2/c12-5(10(14)15)4-11-9(13)8-3-7-6(17-8)1-2-16-7/h1-3,5,12H,4H2,(H,11,13)(H,14,15)/t5-/m0/s1. The van der Waals surface area contributed by atoms with Crippen molar-refractivity contribution in [1.82, 2.24) is 5.32 Å².